The number of hydrogen-bond donors (Lipinski definition) is 1. The lowest BCUT2D eigenvalue weighted by atomic mass is 9.69. The Bertz CT molecular complexity index is 478. The Balaban J connectivity index is 1.92. The highest BCUT2D eigenvalue weighted by Crippen LogP contribution is 2.40. The van der Waals surface area contributed by atoms with Crippen molar-refractivity contribution in [1.29, 1.82) is 0 Å². The summed E-state index contributed by atoms with van der Waals surface area (Å²) >= 11 is 0. The maximum absolute atomic E-state index is 12.3. The smallest absolute Gasteiger partial charge is 0.254 e. The van der Waals surface area contributed by atoms with E-state index in [9.17, 15) is 4.79 Å². The number of rotatable bonds is 8. The van der Waals surface area contributed by atoms with Gasteiger partial charge in [0.05, 0.1) is 18.4 Å². The Morgan fingerprint density at radius 3 is 2.81 bits per heavy atom. The van der Waals surface area contributed by atoms with Crippen molar-refractivity contribution in [1.82, 2.24) is 15.1 Å². The van der Waals surface area contributed by atoms with Gasteiger partial charge < -0.3 is 10.1 Å². The van der Waals surface area contributed by atoms with E-state index in [-0.39, 0.29) is 11.3 Å². The summed E-state index contributed by atoms with van der Waals surface area (Å²) in [5.41, 5.74) is 1.79. The van der Waals surface area contributed by atoms with Crippen LogP contribution < -0.4 is 5.32 Å². The van der Waals surface area contributed by atoms with Crippen LogP contribution in [0.3, 0.4) is 0 Å². The number of nitrogens with zero attached hydrogens (tertiary/aromatic N) is 2. The van der Waals surface area contributed by atoms with E-state index in [1.165, 1.54) is 6.42 Å². The van der Waals surface area contributed by atoms with Crippen molar-refractivity contribution in [3.8, 4) is 0 Å². The lowest BCUT2D eigenvalue weighted by Gasteiger charge is -2.41. The summed E-state index contributed by atoms with van der Waals surface area (Å²) in [6.45, 7) is 9.11. The molecule has 0 saturated heterocycles. The molecule has 1 amide bonds. The maximum atomic E-state index is 12.3. The van der Waals surface area contributed by atoms with Gasteiger partial charge >= 0.3 is 0 Å². The largest absolute Gasteiger partial charge is 0.381 e. The Morgan fingerprint density at radius 1 is 1.48 bits per heavy atom. The first kappa shape index (κ1) is 16.0. The Labute approximate surface area is 127 Å². The summed E-state index contributed by atoms with van der Waals surface area (Å²) in [5.74, 6) is -0.0161. The minimum Gasteiger partial charge on any atom is -0.381 e. The van der Waals surface area contributed by atoms with E-state index >= 15 is 0 Å². The fourth-order valence-electron chi connectivity index (χ4n) is 2.84. The monoisotopic (exact) mass is 293 g/mol. The van der Waals surface area contributed by atoms with Crippen molar-refractivity contribution in [3.63, 3.8) is 0 Å². The molecule has 0 spiro atoms. The van der Waals surface area contributed by atoms with E-state index in [2.05, 4.69) is 17.3 Å². The fourth-order valence-corrected chi connectivity index (χ4v) is 2.84. The van der Waals surface area contributed by atoms with Crippen molar-refractivity contribution in [2.45, 2.75) is 53.0 Å². The van der Waals surface area contributed by atoms with Crippen LogP contribution in [0.5, 0.6) is 0 Å². The second kappa shape index (κ2) is 7.07. The molecule has 1 N–H and O–H groups in total. The third-order valence-corrected chi connectivity index (χ3v) is 4.43. The van der Waals surface area contributed by atoms with Crippen molar-refractivity contribution in [2.75, 3.05) is 19.8 Å². The molecule has 1 fully saturated rings. The molecule has 0 unspecified atom stereocenters. The Hall–Kier alpha value is -1.36. The number of carbonyl (C=O) groups excluding carboxylic acids is 1. The second-order valence-corrected chi connectivity index (χ2v) is 6.04. The van der Waals surface area contributed by atoms with Crippen LogP contribution in [0.2, 0.25) is 0 Å². The molecule has 1 aliphatic carbocycles. The van der Waals surface area contributed by atoms with E-state index in [0.717, 1.165) is 44.7 Å². The molecule has 21 heavy (non-hydrogen) atoms. The molecule has 1 aliphatic rings. The molecule has 1 aromatic heterocycles. The molecule has 0 bridgehead atoms. The average Bonchev–Trinajstić information content (AvgIpc) is 2.79. The molecular weight excluding hydrogens is 266 g/mol. The van der Waals surface area contributed by atoms with Crippen LogP contribution in [0.15, 0.2) is 6.20 Å². The lowest BCUT2D eigenvalue weighted by molar-refractivity contribution is -0.000187. The predicted molar refractivity (Wildman–Crippen MR) is 82.4 cm³/mol. The van der Waals surface area contributed by atoms with Crippen LogP contribution in [0.4, 0.5) is 0 Å². The highest BCUT2D eigenvalue weighted by Gasteiger charge is 2.37. The van der Waals surface area contributed by atoms with Crippen LogP contribution in [0.25, 0.3) is 0 Å². The van der Waals surface area contributed by atoms with E-state index in [1.807, 2.05) is 18.5 Å². The molecule has 0 radical (unpaired) electrons. The number of ether oxygens (including phenoxy) is 1. The van der Waals surface area contributed by atoms with Gasteiger partial charge in [0.1, 0.15) is 0 Å². The normalized spacial score (nSPS) is 16.5. The van der Waals surface area contributed by atoms with Crippen molar-refractivity contribution >= 4 is 5.91 Å². The molecule has 5 heteroatoms. The van der Waals surface area contributed by atoms with Gasteiger partial charge in [0, 0.05) is 30.8 Å². The average molecular weight is 293 g/mol. The van der Waals surface area contributed by atoms with Gasteiger partial charge in [-0.15, -0.1) is 0 Å². The van der Waals surface area contributed by atoms with Crippen molar-refractivity contribution < 1.29 is 9.53 Å². The minimum absolute atomic E-state index is 0.0161. The molecule has 1 aromatic rings. The van der Waals surface area contributed by atoms with E-state index in [4.69, 9.17) is 4.74 Å². The number of aromatic nitrogens is 2. The zero-order valence-corrected chi connectivity index (χ0v) is 13.4. The summed E-state index contributed by atoms with van der Waals surface area (Å²) in [6.07, 6.45) is 6.20. The molecular formula is C16H27N3O2. The third kappa shape index (κ3) is 3.64. The number of carbonyl (C=O) groups is 1. The summed E-state index contributed by atoms with van der Waals surface area (Å²) in [7, 11) is 0. The van der Waals surface area contributed by atoms with Gasteiger partial charge in [0.25, 0.3) is 5.91 Å². The zero-order chi connectivity index (χ0) is 15.3. The van der Waals surface area contributed by atoms with Gasteiger partial charge in [-0.05, 0) is 33.1 Å². The van der Waals surface area contributed by atoms with Crippen LogP contribution in [-0.2, 0) is 11.3 Å². The number of hydrogen-bond acceptors (Lipinski definition) is 3. The maximum Gasteiger partial charge on any atom is 0.254 e. The topological polar surface area (TPSA) is 56.2 Å². The predicted octanol–water partition coefficient (Wildman–Crippen LogP) is 2.54. The van der Waals surface area contributed by atoms with Gasteiger partial charge in [0.15, 0.2) is 0 Å². The first-order valence-electron chi connectivity index (χ1n) is 8.00. The molecule has 0 aromatic carbocycles. The van der Waals surface area contributed by atoms with Crippen LogP contribution in [-0.4, -0.2) is 35.4 Å². The summed E-state index contributed by atoms with van der Waals surface area (Å²) in [4.78, 5) is 12.3. The van der Waals surface area contributed by atoms with E-state index in [0.29, 0.717) is 12.1 Å². The van der Waals surface area contributed by atoms with E-state index in [1.54, 1.807) is 6.20 Å². The first-order valence-corrected chi connectivity index (χ1v) is 8.00. The summed E-state index contributed by atoms with van der Waals surface area (Å²) in [6, 6.07) is 0. The minimum atomic E-state index is -0.0161. The zero-order valence-electron chi connectivity index (χ0n) is 13.4. The molecule has 1 saturated carbocycles. The molecule has 0 aliphatic heterocycles. The van der Waals surface area contributed by atoms with Crippen molar-refractivity contribution in [3.05, 3.63) is 17.5 Å². The van der Waals surface area contributed by atoms with Gasteiger partial charge in [-0.2, -0.15) is 5.10 Å². The molecule has 5 nitrogen and oxygen atoms in total. The number of aryl methyl sites for hydroxylation is 1. The quantitative estimate of drug-likeness (QED) is 0.801. The molecule has 0 atom stereocenters. The van der Waals surface area contributed by atoms with Crippen LogP contribution in [0.1, 0.15) is 55.6 Å². The first-order chi connectivity index (χ1) is 10.1. The Kier molecular flexibility index (Phi) is 5.39. The van der Waals surface area contributed by atoms with Gasteiger partial charge in [0.2, 0.25) is 0 Å². The SMILES string of the molecule is CCCn1ncc(C(=O)NCC2(COCC)CCC2)c1C. The number of nitrogens with one attached hydrogen (secondary N) is 1. The van der Waals surface area contributed by atoms with Gasteiger partial charge in [-0.25, -0.2) is 0 Å². The standard InChI is InChI=1S/C16H27N3O2/c1-4-9-19-13(3)14(10-18-19)15(20)17-11-16(7-6-8-16)12-21-5-2/h10H,4-9,11-12H2,1-3H3,(H,17,20). The highest BCUT2D eigenvalue weighted by atomic mass is 16.5. The van der Waals surface area contributed by atoms with Gasteiger partial charge in [-0.1, -0.05) is 13.3 Å². The number of amides is 1. The summed E-state index contributed by atoms with van der Waals surface area (Å²) in [5, 5.41) is 7.36. The van der Waals surface area contributed by atoms with E-state index < -0.39 is 0 Å². The Morgan fingerprint density at radius 2 is 2.24 bits per heavy atom. The molecule has 118 valence electrons. The van der Waals surface area contributed by atoms with Crippen LogP contribution >= 0.6 is 0 Å². The molecule has 1 heterocycles. The van der Waals surface area contributed by atoms with Crippen molar-refractivity contribution in [2.24, 2.45) is 5.41 Å². The lowest BCUT2D eigenvalue weighted by Crippen LogP contribution is -2.45. The van der Waals surface area contributed by atoms with Gasteiger partial charge in [-0.3, -0.25) is 9.48 Å². The third-order valence-electron chi connectivity index (χ3n) is 4.43. The molecule has 2 rings (SSSR count). The highest BCUT2D eigenvalue weighted by molar-refractivity contribution is 5.95. The second-order valence-electron chi connectivity index (χ2n) is 6.04. The van der Waals surface area contributed by atoms with Crippen LogP contribution in [0, 0.1) is 12.3 Å². The fraction of sp³-hybridized carbons (Fsp3) is 0.750. The summed E-state index contributed by atoms with van der Waals surface area (Å²) < 4.78 is 7.47.